The van der Waals surface area contributed by atoms with Crippen LogP contribution < -0.4 is 5.73 Å². The number of esters is 1. The average molecular weight is 397 g/mol. The number of carboxylic acid groups (broad SMARTS) is 1. The van der Waals surface area contributed by atoms with Gasteiger partial charge in [-0.3, -0.25) is 9.59 Å². The van der Waals surface area contributed by atoms with Crippen LogP contribution in [-0.2, 0) is 23.9 Å². The molecule has 1 aliphatic rings. The Hall–Kier alpha value is -1.71. The van der Waals surface area contributed by atoms with E-state index in [4.69, 9.17) is 15.6 Å². The van der Waals surface area contributed by atoms with E-state index in [0.717, 1.165) is 6.92 Å². The van der Waals surface area contributed by atoms with Crippen LogP contribution in [0.2, 0.25) is 0 Å². The standard InChI is InChI=1S/C14H23NO12/c1-5(18)26-3-7(20)9(21)11-13(15,4-17)10(22)8(6(19)2-16)14(25,27-11)12(23)24/h7-11,16-17,20-22,25H,2-4,15H2,1H3,(H,23,24)/t7-,8?,9-,10+,11+,13-,14?/m1/s1. The van der Waals surface area contributed by atoms with Crippen LogP contribution in [0.1, 0.15) is 6.92 Å². The van der Waals surface area contributed by atoms with E-state index in [-0.39, 0.29) is 0 Å². The van der Waals surface area contributed by atoms with Gasteiger partial charge in [0.25, 0.3) is 5.79 Å². The van der Waals surface area contributed by atoms with Crippen molar-refractivity contribution in [3.8, 4) is 0 Å². The van der Waals surface area contributed by atoms with Crippen molar-refractivity contribution in [3.63, 3.8) is 0 Å². The summed E-state index contributed by atoms with van der Waals surface area (Å²) in [6.45, 7) is -2.24. The maximum absolute atomic E-state index is 11.9. The number of carboxylic acids is 1. The molecule has 9 N–H and O–H groups in total. The number of rotatable bonds is 8. The number of nitrogens with two attached hydrogens (primary N) is 1. The highest BCUT2D eigenvalue weighted by Crippen LogP contribution is 2.40. The van der Waals surface area contributed by atoms with E-state index in [1.165, 1.54) is 0 Å². The number of ether oxygens (including phenoxy) is 2. The second-order valence-electron chi connectivity index (χ2n) is 6.22. The molecule has 0 aromatic heterocycles. The molecule has 0 amide bonds. The van der Waals surface area contributed by atoms with Crippen molar-refractivity contribution in [1.82, 2.24) is 0 Å². The van der Waals surface area contributed by atoms with Crippen molar-refractivity contribution in [1.29, 1.82) is 0 Å². The number of carbonyl (C=O) groups excluding carboxylic acids is 2. The summed E-state index contributed by atoms with van der Waals surface area (Å²) in [7, 11) is 0. The highest BCUT2D eigenvalue weighted by Gasteiger charge is 2.66. The minimum absolute atomic E-state index is 0.779. The lowest BCUT2D eigenvalue weighted by atomic mass is 9.70. The van der Waals surface area contributed by atoms with E-state index in [9.17, 15) is 45.0 Å². The lowest BCUT2D eigenvalue weighted by Gasteiger charge is -2.53. The van der Waals surface area contributed by atoms with Gasteiger partial charge in [0, 0.05) is 6.92 Å². The Morgan fingerprint density at radius 1 is 1.26 bits per heavy atom. The van der Waals surface area contributed by atoms with Crippen LogP contribution >= 0.6 is 0 Å². The van der Waals surface area contributed by atoms with Crippen molar-refractivity contribution in [3.05, 3.63) is 0 Å². The Balaban J connectivity index is 3.34. The molecule has 7 atom stereocenters. The van der Waals surface area contributed by atoms with Crippen LogP contribution in [0.3, 0.4) is 0 Å². The van der Waals surface area contributed by atoms with E-state index in [0.29, 0.717) is 0 Å². The summed E-state index contributed by atoms with van der Waals surface area (Å²) in [6.07, 6.45) is -8.50. The number of aliphatic carboxylic acids is 1. The molecule has 2 unspecified atom stereocenters. The number of ketones is 1. The molecule has 0 aromatic rings. The van der Waals surface area contributed by atoms with E-state index in [2.05, 4.69) is 4.74 Å². The zero-order valence-electron chi connectivity index (χ0n) is 14.3. The molecule has 13 heteroatoms. The van der Waals surface area contributed by atoms with Crippen LogP contribution in [0, 0.1) is 5.92 Å². The third-order valence-electron chi connectivity index (χ3n) is 4.37. The predicted molar refractivity (Wildman–Crippen MR) is 81.7 cm³/mol. The Bertz CT molecular complexity index is 584. The predicted octanol–water partition coefficient (Wildman–Crippen LogP) is -5.33. The molecule has 1 saturated heterocycles. The minimum Gasteiger partial charge on any atom is -0.477 e. The number of hydrogen-bond donors (Lipinski definition) is 8. The maximum Gasteiger partial charge on any atom is 0.365 e. The van der Waals surface area contributed by atoms with E-state index < -0.39 is 79.2 Å². The average Bonchev–Trinajstić information content (AvgIpc) is 2.61. The zero-order valence-corrected chi connectivity index (χ0v) is 14.3. The Kier molecular flexibility index (Phi) is 7.37. The van der Waals surface area contributed by atoms with Crippen LogP contribution in [0.15, 0.2) is 0 Å². The fraction of sp³-hybridized carbons (Fsp3) is 0.786. The van der Waals surface area contributed by atoms with Crippen molar-refractivity contribution in [2.45, 2.75) is 42.7 Å². The Labute approximate surface area is 152 Å². The molecule has 27 heavy (non-hydrogen) atoms. The lowest BCUT2D eigenvalue weighted by molar-refractivity contribution is -0.329. The molecule has 0 saturated carbocycles. The number of carbonyl (C=O) groups is 3. The molecule has 0 spiro atoms. The summed E-state index contributed by atoms with van der Waals surface area (Å²) in [6, 6.07) is 0. The number of Topliss-reactive ketones (excluding diaryl/α,β-unsaturated/α-hetero) is 1. The van der Waals surface area contributed by atoms with Gasteiger partial charge in [-0.25, -0.2) is 4.79 Å². The second kappa shape index (κ2) is 8.53. The first-order valence-corrected chi connectivity index (χ1v) is 7.71. The minimum atomic E-state index is -3.44. The molecule has 0 bridgehead atoms. The third-order valence-corrected chi connectivity index (χ3v) is 4.37. The number of hydrogen-bond acceptors (Lipinski definition) is 12. The summed E-state index contributed by atoms with van der Waals surface area (Å²) >= 11 is 0. The van der Waals surface area contributed by atoms with Crippen LogP contribution in [0.25, 0.3) is 0 Å². The zero-order chi connectivity index (χ0) is 21.2. The van der Waals surface area contributed by atoms with Crippen molar-refractivity contribution < 1.29 is 59.6 Å². The molecular formula is C14H23NO12. The van der Waals surface area contributed by atoms with Gasteiger partial charge in [-0.1, -0.05) is 0 Å². The van der Waals surface area contributed by atoms with Gasteiger partial charge in [0.15, 0.2) is 5.78 Å². The number of aliphatic hydroxyl groups is 6. The first kappa shape index (κ1) is 23.3. The molecule has 1 aliphatic heterocycles. The molecule has 1 heterocycles. The summed E-state index contributed by atoms with van der Waals surface area (Å²) in [5.74, 6) is -10.1. The van der Waals surface area contributed by atoms with Crippen LogP contribution in [0.4, 0.5) is 0 Å². The molecule has 0 radical (unpaired) electrons. The summed E-state index contributed by atoms with van der Waals surface area (Å²) in [5.41, 5.74) is 3.37. The largest absolute Gasteiger partial charge is 0.477 e. The molecule has 1 fully saturated rings. The highest BCUT2D eigenvalue weighted by atomic mass is 16.7. The Morgan fingerprint density at radius 3 is 2.22 bits per heavy atom. The van der Waals surface area contributed by atoms with Crippen molar-refractivity contribution >= 4 is 17.7 Å². The molecule has 0 aromatic carbocycles. The van der Waals surface area contributed by atoms with Gasteiger partial charge in [0.05, 0.1) is 18.2 Å². The summed E-state index contributed by atoms with van der Waals surface area (Å²) in [5, 5.41) is 68.6. The monoisotopic (exact) mass is 397 g/mol. The molecule has 0 aliphatic carbocycles. The topological polar surface area (TPSA) is 237 Å². The van der Waals surface area contributed by atoms with Crippen molar-refractivity contribution in [2.24, 2.45) is 11.7 Å². The smallest absolute Gasteiger partial charge is 0.365 e. The lowest BCUT2D eigenvalue weighted by Crippen LogP contribution is -2.79. The first-order chi connectivity index (χ1) is 12.4. The molecule has 1 rings (SSSR count). The van der Waals surface area contributed by atoms with E-state index in [1.807, 2.05) is 0 Å². The van der Waals surface area contributed by atoms with Gasteiger partial charge in [-0.2, -0.15) is 0 Å². The molecular weight excluding hydrogens is 374 g/mol. The highest BCUT2D eigenvalue weighted by molar-refractivity contribution is 5.90. The first-order valence-electron chi connectivity index (χ1n) is 7.71. The summed E-state index contributed by atoms with van der Waals surface area (Å²) in [4.78, 5) is 34.1. The molecule has 156 valence electrons. The van der Waals surface area contributed by atoms with Gasteiger partial charge < -0.3 is 51.0 Å². The quantitative estimate of drug-likeness (QED) is 0.179. The van der Waals surface area contributed by atoms with Gasteiger partial charge >= 0.3 is 11.9 Å². The Morgan fingerprint density at radius 2 is 1.81 bits per heavy atom. The van der Waals surface area contributed by atoms with Gasteiger partial charge in [0.2, 0.25) is 0 Å². The SMILES string of the molecule is CC(=O)OC[C@@H](O)[C@@H](O)[C@@H]1OC(O)(C(=O)O)C(C(=O)CO)[C@H](O)[C@]1(N)CO. The van der Waals surface area contributed by atoms with E-state index >= 15 is 0 Å². The van der Waals surface area contributed by atoms with Crippen LogP contribution in [0.5, 0.6) is 0 Å². The molecule has 13 nitrogen and oxygen atoms in total. The normalized spacial score (nSPS) is 35.9. The van der Waals surface area contributed by atoms with Gasteiger partial charge in [0.1, 0.15) is 37.4 Å². The fourth-order valence-corrected chi connectivity index (χ4v) is 2.82. The van der Waals surface area contributed by atoms with E-state index in [1.54, 1.807) is 0 Å². The summed E-state index contributed by atoms with van der Waals surface area (Å²) < 4.78 is 9.35. The van der Waals surface area contributed by atoms with Gasteiger partial charge in [-0.05, 0) is 0 Å². The van der Waals surface area contributed by atoms with Crippen molar-refractivity contribution in [2.75, 3.05) is 19.8 Å². The third kappa shape index (κ3) is 4.25. The number of aliphatic hydroxyl groups excluding tert-OH is 5. The maximum atomic E-state index is 11.9. The fourth-order valence-electron chi connectivity index (χ4n) is 2.82. The van der Waals surface area contributed by atoms with Crippen LogP contribution in [-0.4, -0.2) is 109 Å². The van der Waals surface area contributed by atoms with Gasteiger partial charge in [-0.15, -0.1) is 0 Å². The second-order valence-corrected chi connectivity index (χ2v) is 6.22.